The Morgan fingerprint density at radius 2 is 1.97 bits per heavy atom. The predicted molar refractivity (Wildman–Crippen MR) is 151 cm³/mol. The van der Waals surface area contributed by atoms with Gasteiger partial charge in [0.05, 0.1) is 29.6 Å². The van der Waals surface area contributed by atoms with Crippen LogP contribution in [0, 0.1) is 5.82 Å². The maximum absolute atomic E-state index is 13.9. The highest BCUT2D eigenvalue weighted by atomic mass is 35.5. The van der Waals surface area contributed by atoms with Crippen LogP contribution in [0.5, 0.6) is 5.75 Å². The predicted octanol–water partition coefficient (Wildman–Crippen LogP) is 6.20. The minimum Gasteiger partial charge on any atom is -0.494 e. The van der Waals surface area contributed by atoms with Gasteiger partial charge in [-0.3, -0.25) is 9.78 Å². The van der Waals surface area contributed by atoms with E-state index in [1.807, 2.05) is 58.1 Å². The summed E-state index contributed by atoms with van der Waals surface area (Å²) in [5.74, 6) is -0.0886. The number of pyridine rings is 1. The van der Waals surface area contributed by atoms with Crippen molar-refractivity contribution in [2.24, 2.45) is 0 Å². The Kier molecular flexibility index (Phi) is 7.31. The van der Waals surface area contributed by atoms with Crippen LogP contribution in [0.4, 0.5) is 15.8 Å². The number of methoxy groups -OCH3 is 1. The van der Waals surface area contributed by atoms with Gasteiger partial charge in [-0.05, 0) is 66.8 Å². The Labute approximate surface area is 230 Å². The largest absolute Gasteiger partial charge is 0.494 e. The van der Waals surface area contributed by atoms with Gasteiger partial charge in [0, 0.05) is 41.9 Å². The second kappa shape index (κ2) is 10.8. The number of rotatable bonds is 7. The number of anilines is 2. The van der Waals surface area contributed by atoms with E-state index in [4.69, 9.17) is 28.6 Å². The van der Waals surface area contributed by atoms with Crippen molar-refractivity contribution in [3.63, 3.8) is 0 Å². The number of benzene rings is 2. The number of nitrogens with one attached hydrogen (secondary N) is 2. The van der Waals surface area contributed by atoms with E-state index < -0.39 is 5.82 Å². The molecule has 0 aliphatic carbocycles. The molecule has 2 aromatic heterocycles. The van der Waals surface area contributed by atoms with Crippen LogP contribution in [-0.2, 0) is 4.79 Å². The third-order valence-electron chi connectivity index (χ3n) is 6.42. The molecule has 194 valence electrons. The first-order valence-corrected chi connectivity index (χ1v) is 12.8. The van der Waals surface area contributed by atoms with Gasteiger partial charge >= 0.3 is 0 Å². The fourth-order valence-electron chi connectivity index (χ4n) is 4.61. The van der Waals surface area contributed by atoms with E-state index in [-0.39, 0.29) is 23.0 Å². The summed E-state index contributed by atoms with van der Waals surface area (Å²) in [7, 11) is 1.55. The van der Waals surface area contributed by atoms with Crippen LogP contribution in [-0.4, -0.2) is 27.7 Å². The van der Waals surface area contributed by atoms with Crippen LogP contribution in [0.15, 0.2) is 79.1 Å². The Morgan fingerprint density at radius 1 is 1.16 bits per heavy atom. The summed E-state index contributed by atoms with van der Waals surface area (Å²) in [6.45, 7) is 1.79. The lowest BCUT2D eigenvalue weighted by atomic mass is 10.0. The van der Waals surface area contributed by atoms with Crippen LogP contribution in [0.1, 0.15) is 36.8 Å². The number of ether oxygens (including phenoxy) is 1. The Hall–Kier alpha value is -3.95. The van der Waals surface area contributed by atoms with Crippen LogP contribution >= 0.6 is 23.8 Å². The van der Waals surface area contributed by atoms with Gasteiger partial charge in [0.15, 0.2) is 5.11 Å². The number of aromatic nitrogens is 2. The standard InChI is InChI=1S/C28H25ClFN5O2S/c1-3-25(36)32-21-12-10-18(16-24(21)37-2)35-27(26(33-28(35)38)22-7-4-5-13-31-22)23-8-6-14-34(23)17-9-11-20(30)19(29)15-17/h4-16,26-27H,3H2,1-2H3,(H,32,36)(H,33,38). The third-order valence-corrected chi connectivity index (χ3v) is 7.03. The van der Waals surface area contributed by atoms with Crippen LogP contribution < -0.4 is 20.3 Å². The van der Waals surface area contributed by atoms with Crippen molar-refractivity contribution in [3.8, 4) is 11.4 Å². The number of thiocarbonyl (C=S) groups is 1. The molecule has 2 aromatic carbocycles. The van der Waals surface area contributed by atoms with Gasteiger partial charge in [-0.15, -0.1) is 0 Å². The number of amides is 1. The minimum atomic E-state index is -0.483. The zero-order chi connectivity index (χ0) is 26.8. The Balaban J connectivity index is 1.63. The van der Waals surface area contributed by atoms with Gasteiger partial charge in [0.25, 0.3) is 0 Å². The van der Waals surface area contributed by atoms with Crippen molar-refractivity contribution in [2.75, 3.05) is 17.3 Å². The van der Waals surface area contributed by atoms with E-state index in [0.29, 0.717) is 28.7 Å². The molecule has 5 rings (SSSR count). The second-order valence-electron chi connectivity index (χ2n) is 8.68. The van der Waals surface area contributed by atoms with Crippen molar-refractivity contribution in [1.29, 1.82) is 0 Å². The van der Waals surface area contributed by atoms with Crippen molar-refractivity contribution in [2.45, 2.75) is 25.4 Å². The van der Waals surface area contributed by atoms with Gasteiger partial charge in [-0.25, -0.2) is 4.39 Å². The lowest BCUT2D eigenvalue weighted by Gasteiger charge is -2.29. The molecule has 4 aromatic rings. The molecule has 0 bridgehead atoms. The fourth-order valence-corrected chi connectivity index (χ4v) is 5.13. The number of nitrogens with zero attached hydrogens (tertiary/aromatic N) is 3. The van der Waals surface area contributed by atoms with E-state index >= 15 is 0 Å². The Bertz CT molecular complexity index is 1500. The molecule has 2 N–H and O–H groups in total. The molecule has 1 aliphatic heterocycles. The molecule has 1 saturated heterocycles. The monoisotopic (exact) mass is 549 g/mol. The minimum absolute atomic E-state index is 0.0369. The van der Waals surface area contributed by atoms with Crippen LogP contribution in [0.2, 0.25) is 5.02 Å². The normalized spacial score (nSPS) is 16.8. The highest BCUT2D eigenvalue weighted by Crippen LogP contribution is 2.44. The van der Waals surface area contributed by atoms with E-state index in [2.05, 4.69) is 15.6 Å². The van der Waals surface area contributed by atoms with Crippen molar-refractivity contribution in [1.82, 2.24) is 14.9 Å². The third kappa shape index (κ3) is 4.82. The average Bonchev–Trinajstić information content (AvgIpc) is 3.55. The first kappa shape index (κ1) is 25.7. The molecule has 0 radical (unpaired) electrons. The molecule has 1 fully saturated rings. The topological polar surface area (TPSA) is 71.4 Å². The molecular weight excluding hydrogens is 525 g/mol. The number of halogens is 2. The fraction of sp³-hybridized carbons (Fsp3) is 0.179. The highest BCUT2D eigenvalue weighted by molar-refractivity contribution is 7.80. The molecule has 2 atom stereocenters. The molecule has 10 heteroatoms. The van der Waals surface area contributed by atoms with Crippen molar-refractivity contribution >= 4 is 46.2 Å². The molecule has 0 saturated carbocycles. The van der Waals surface area contributed by atoms with Gasteiger partial charge < -0.3 is 24.8 Å². The maximum Gasteiger partial charge on any atom is 0.224 e. The molecule has 1 aliphatic rings. The number of hydrogen-bond acceptors (Lipinski definition) is 4. The first-order chi connectivity index (χ1) is 18.4. The summed E-state index contributed by atoms with van der Waals surface area (Å²) in [6, 6.07) is 19.2. The quantitative estimate of drug-likeness (QED) is 0.267. The molecule has 0 spiro atoms. The summed E-state index contributed by atoms with van der Waals surface area (Å²) in [5.41, 5.74) is 3.75. The zero-order valence-corrected chi connectivity index (χ0v) is 22.3. The molecule has 38 heavy (non-hydrogen) atoms. The number of carbonyl (C=O) groups is 1. The summed E-state index contributed by atoms with van der Waals surface area (Å²) in [5, 5.41) is 6.84. The van der Waals surface area contributed by atoms with Gasteiger partial charge in [0.1, 0.15) is 17.6 Å². The van der Waals surface area contributed by atoms with Crippen molar-refractivity contribution in [3.05, 3.63) is 101 Å². The Morgan fingerprint density at radius 3 is 2.68 bits per heavy atom. The summed E-state index contributed by atoms with van der Waals surface area (Å²) in [4.78, 5) is 18.6. The zero-order valence-electron chi connectivity index (χ0n) is 20.7. The molecular formula is C28H25ClFN5O2S. The highest BCUT2D eigenvalue weighted by Gasteiger charge is 2.42. The summed E-state index contributed by atoms with van der Waals surface area (Å²) in [6.07, 6.45) is 3.99. The van der Waals surface area contributed by atoms with Gasteiger partial charge in [-0.2, -0.15) is 0 Å². The molecule has 1 amide bonds. The summed E-state index contributed by atoms with van der Waals surface area (Å²) >= 11 is 12.0. The number of hydrogen-bond donors (Lipinski definition) is 2. The maximum atomic E-state index is 13.9. The lowest BCUT2D eigenvalue weighted by molar-refractivity contribution is -0.115. The second-order valence-corrected chi connectivity index (χ2v) is 9.48. The van der Waals surface area contributed by atoms with Crippen LogP contribution in [0.25, 0.3) is 5.69 Å². The summed E-state index contributed by atoms with van der Waals surface area (Å²) < 4.78 is 21.5. The van der Waals surface area contributed by atoms with E-state index in [0.717, 1.165) is 17.1 Å². The lowest BCUT2D eigenvalue weighted by Crippen LogP contribution is -2.30. The molecule has 2 unspecified atom stereocenters. The number of carbonyl (C=O) groups excluding carboxylic acids is 1. The van der Waals surface area contributed by atoms with Crippen molar-refractivity contribution < 1.29 is 13.9 Å². The molecule has 3 heterocycles. The SMILES string of the molecule is CCC(=O)Nc1ccc(N2C(=S)NC(c3ccccn3)C2c2cccn2-c2ccc(F)c(Cl)c2)cc1OC. The van der Waals surface area contributed by atoms with E-state index in [1.165, 1.54) is 6.07 Å². The van der Waals surface area contributed by atoms with Gasteiger partial charge in [-0.1, -0.05) is 24.6 Å². The van der Waals surface area contributed by atoms with E-state index in [9.17, 15) is 9.18 Å². The first-order valence-electron chi connectivity index (χ1n) is 12.0. The van der Waals surface area contributed by atoms with Crippen LogP contribution in [0.3, 0.4) is 0 Å². The molecule has 7 nitrogen and oxygen atoms in total. The average molecular weight is 550 g/mol. The smallest absolute Gasteiger partial charge is 0.224 e. The van der Waals surface area contributed by atoms with E-state index in [1.54, 1.807) is 38.4 Å². The van der Waals surface area contributed by atoms with Gasteiger partial charge in [0.2, 0.25) is 5.91 Å².